The lowest BCUT2D eigenvalue weighted by atomic mass is 9.96. The standard InChI is InChI=1S/C21H34N4O/c1-2-22-21(24-20-9-4-3-5-10-20)23-16-18-7-6-8-19(15-18)17-25-11-13-26-14-12-25/h6-8,15,20H,2-5,9-14,16-17H2,1H3,(H2,22,23,24). The molecule has 1 saturated heterocycles. The molecule has 3 rings (SSSR count). The van der Waals surface area contributed by atoms with Crippen molar-refractivity contribution in [3.8, 4) is 0 Å². The topological polar surface area (TPSA) is 48.9 Å². The number of rotatable bonds is 6. The van der Waals surface area contributed by atoms with E-state index in [-0.39, 0.29) is 0 Å². The minimum atomic E-state index is 0.578. The average molecular weight is 359 g/mol. The van der Waals surface area contributed by atoms with Crippen molar-refractivity contribution >= 4 is 5.96 Å². The van der Waals surface area contributed by atoms with Gasteiger partial charge in [-0.05, 0) is 30.9 Å². The van der Waals surface area contributed by atoms with Gasteiger partial charge in [-0.25, -0.2) is 4.99 Å². The van der Waals surface area contributed by atoms with Crippen LogP contribution in [0, 0.1) is 0 Å². The Kier molecular flexibility index (Phi) is 7.77. The number of ether oxygens (including phenoxy) is 1. The predicted octanol–water partition coefficient (Wildman–Crippen LogP) is 2.91. The second-order valence-electron chi connectivity index (χ2n) is 7.38. The zero-order valence-electron chi connectivity index (χ0n) is 16.2. The minimum Gasteiger partial charge on any atom is -0.379 e. The van der Waals surface area contributed by atoms with Crippen molar-refractivity contribution in [2.45, 2.75) is 58.2 Å². The van der Waals surface area contributed by atoms with Crippen molar-refractivity contribution in [1.82, 2.24) is 15.5 Å². The van der Waals surface area contributed by atoms with Crippen molar-refractivity contribution < 1.29 is 4.74 Å². The van der Waals surface area contributed by atoms with Crippen LogP contribution in [0.2, 0.25) is 0 Å². The van der Waals surface area contributed by atoms with Crippen LogP contribution in [0.1, 0.15) is 50.2 Å². The summed E-state index contributed by atoms with van der Waals surface area (Å²) in [5.74, 6) is 0.956. The first-order valence-electron chi connectivity index (χ1n) is 10.3. The number of hydrogen-bond acceptors (Lipinski definition) is 3. The van der Waals surface area contributed by atoms with Gasteiger partial charge in [-0.3, -0.25) is 4.90 Å². The number of guanidine groups is 1. The van der Waals surface area contributed by atoms with Gasteiger partial charge >= 0.3 is 0 Å². The van der Waals surface area contributed by atoms with E-state index < -0.39 is 0 Å². The Labute approximate surface area is 158 Å². The van der Waals surface area contributed by atoms with Crippen LogP contribution in [0.5, 0.6) is 0 Å². The highest BCUT2D eigenvalue weighted by Gasteiger charge is 2.14. The molecule has 1 aliphatic carbocycles. The molecule has 1 aromatic carbocycles. The molecule has 5 nitrogen and oxygen atoms in total. The molecular formula is C21H34N4O. The number of hydrogen-bond donors (Lipinski definition) is 2. The number of morpholine rings is 1. The Hall–Kier alpha value is -1.59. The summed E-state index contributed by atoms with van der Waals surface area (Å²) in [4.78, 5) is 7.29. The lowest BCUT2D eigenvalue weighted by Gasteiger charge is -2.26. The molecule has 26 heavy (non-hydrogen) atoms. The molecule has 144 valence electrons. The van der Waals surface area contributed by atoms with Crippen LogP contribution in [0.3, 0.4) is 0 Å². The summed E-state index contributed by atoms with van der Waals surface area (Å²) in [6, 6.07) is 9.42. The van der Waals surface area contributed by atoms with E-state index in [4.69, 9.17) is 9.73 Å². The molecule has 0 atom stereocenters. The zero-order valence-corrected chi connectivity index (χ0v) is 16.2. The molecule has 1 aliphatic heterocycles. The van der Waals surface area contributed by atoms with Crippen LogP contribution in [0.15, 0.2) is 29.3 Å². The molecule has 0 radical (unpaired) electrons. The van der Waals surface area contributed by atoms with E-state index in [1.807, 2.05) is 0 Å². The SMILES string of the molecule is CCNC(=NCc1cccc(CN2CCOCC2)c1)NC1CCCCC1. The van der Waals surface area contributed by atoms with Crippen molar-refractivity contribution in [2.75, 3.05) is 32.8 Å². The second kappa shape index (κ2) is 10.5. The first kappa shape index (κ1) is 19.2. The lowest BCUT2D eigenvalue weighted by Crippen LogP contribution is -2.44. The van der Waals surface area contributed by atoms with E-state index in [9.17, 15) is 0 Å². The number of aliphatic imine (C=N–C) groups is 1. The van der Waals surface area contributed by atoms with Gasteiger partial charge in [0.15, 0.2) is 5.96 Å². The van der Waals surface area contributed by atoms with Crippen molar-refractivity contribution in [3.63, 3.8) is 0 Å². The zero-order chi connectivity index (χ0) is 18.0. The minimum absolute atomic E-state index is 0.578. The Balaban J connectivity index is 1.56. The normalized spacial score (nSPS) is 20.1. The first-order valence-corrected chi connectivity index (χ1v) is 10.3. The van der Waals surface area contributed by atoms with Gasteiger partial charge in [-0.2, -0.15) is 0 Å². The van der Waals surface area contributed by atoms with Gasteiger partial charge in [-0.1, -0.05) is 43.5 Å². The molecule has 1 heterocycles. The van der Waals surface area contributed by atoms with Gasteiger partial charge in [0, 0.05) is 32.2 Å². The number of nitrogens with one attached hydrogen (secondary N) is 2. The molecular weight excluding hydrogens is 324 g/mol. The van der Waals surface area contributed by atoms with Crippen molar-refractivity contribution in [1.29, 1.82) is 0 Å². The van der Waals surface area contributed by atoms with Gasteiger partial charge in [-0.15, -0.1) is 0 Å². The fraction of sp³-hybridized carbons (Fsp3) is 0.667. The summed E-state index contributed by atoms with van der Waals surface area (Å²) in [6.07, 6.45) is 6.57. The molecule has 1 aromatic rings. The summed E-state index contributed by atoms with van der Waals surface area (Å²) in [5, 5.41) is 7.02. The molecule has 5 heteroatoms. The Morgan fingerprint density at radius 1 is 1.15 bits per heavy atom. The van der Waals surface area contributed by atoms with E-state index in [2.05, 4.69) is 46.7 Å². The van der Waals surface area contributed by atoms with Gasteiger partial charge < -0.3 is 15.4 Å². The fourth-order valence-electron chi connectivity index (χ4n) is 3.77. The summed E-state index contributed by atoms with van der Waals surface area (Å²) in [5.41, 5.74) is 2.64. The third kappa shape index (κ3) is 6.29. The van der Waals surface area contributed by atoms with Crippen LogP contribution < -0.4 is 10.6 Å². The van der Waals surface area contributed by atoms with E-state index in [1.54, 1.807) is 0 Å². The maximum atomic E-state index is 5.44. The average Bonchev–Trinajstić information content (AvgIpc) is 2.68. The maximum Gasteiger partial charge on any atom is 0.191 e. The highest BCUT2D eigenvalue weighted by molar-refractivity contribution is 5.80. The summed E-state index contributed by atoms with van der Waals surface area (Å²) < 4.78 is 5.44. The molecule has 0 bridgehead atoms. The Morgan fingerprint density at radius 3 is 2.69 bits per heavy atom. The van der Waals surface area contributed by atoms with Gasteiger partial charge in [0.05, 0.1) is 19.8 Å². The maximum absolute atomic E-state index is 5.44. The summed E-state index contributed by atoms with van der Waals surface area (Å²) in [7, 11) is 0. The Morgan fingerprint density at radius 2 is 1.92 bits per heavy atom. The van der Waals surface area contributed by atoms with Crippen LogP contribution in [0.4, 0.5) is 0 Å². The molecule has 0 amide bonds. The van der Waals surface area contributed by atoms with E-state index in [1.165, 1.54) is 43.2 Å². The monoisotopic (exact) mass is 358 g/mol. The largest absolute Gasteiger partial charge is 0.379 e. The van der Waals surface area contributed by atoms with Gasteiger partial charge in [0.1, 0.15) is 0 Å². The van der Waals surface area contributed by atoms with Gasteiger partial charge in [0.2, 0.25) is 0 Å². The first-order chi connectivity index (χ1) is 12.8. The summed E-state index contributed by atoms with van der Waals surface area (Å²) >= 11 is 0. The Bertz CT molecular complexity index is 563. The van der Waals surface area contributed by atoms with Crippen LogP contribution >= 0.6 is 0 Å². The molecule has 0 unspecified atom stereocenters. The molecule has 1 saturated carbocycles. The number of nitrogens with zero attached hydrogens (tertiary/aromatic N) is 2. The fourth-order valence-corrected chi connectivity index (χ4v) is 3.77. The van der Waals surface area contributed by atoms with Crippen LogP contribution in [-0.4, -0.2) is 49.7 Å². The highest BCUT2D eigenvalue weighted by Crippen LogP contribution is 2.17. The molecule has 2 aliphatic rings. The van der Waals surface area contributed by atoms with Crippen molar-refractivity contribution in [2.24, 2.45) is 4.99 Å². The van der Waals surface area contributed by atoms with Crippen molar-refractivity contribution in [3.05, 3.63) is 35.4 Å². The lowest BCUT2D eigenvalue weighted by molar-refractivity contribution is 0.0342. The molecule has 2 fully saturated rings. The molecule has 0 aromatic heterocycles. The second-order valence-corrected chi connectivity index (χ2v) is 7.38. The van der Waals surface area contributed by atoms with E-state index >= 15 is 0 Å². The third-order valence-corrected chi connectivity index (χ3v) is 5.21. The molecule has 2 N–H and O–H groups in total. The van der Waals surface area contributed by atoms with Crippen LogP contribution in [0.25, 0.3) is 0 Å². The highest BCUT2D eigenvalue weighted by atomic mass is 16.5. The number of benzene rings is 1. The quantitative estimate of drug-likeness (QED) is 0.606. The predicted molar refractivity (Wildman–Crippen MR) is 107 cm³/mol. The van der Waals surface area contributed by atoms with Gasteiger partial charge in [0.25, 0.3) is 0 Å². The smallest absolute Gasteiger partial charge is 0.191 e. The molecule has 0 spiro atoms. The van der Waals surface area contributed by atoms with E-state index in [0.717, 1.165) is 51.9 Å². The third-order valence-electron chi connectivity index (χ3n) is 5.21. The van der Waals surface area contributed by atoms with Crippen LogP contribution in [-0.2, 0) is 17.8 Å². The van der Waals surface area contributed by atoms with E-state index in [0.29, 0.717) is 6.04 Å². The summed E-state index contributed by atoms with van der Waals surface area (Å²) in [6.45, 7) is 8.50.